The highest BCUT2D eigenvalue weighted by molar-refractivity contribution is 8.18. The minimum atomic E-state index is -0.189. The molecule has 0 unspecified atom stereocenters. The lowest BCUT2D eigenvalue weighted by atomic mass is 9.91. The van der Waals surface area contributed by atoms with E-state index >= 15 is 0 Å². The lowest BCUT2D eigenvalue weighted by molar-refractivity contribution is 0.265. The van der Waals surface area contributed by atoms with Crippen molar-refractivity contribution in [2.75, 3.05) is 0 Å². The fourth-order valence-corrected chi connectivity index (χ4v) is 3.02. The standard InChI is InChI=1S/C17H14N2OS/c18-16-15(21-17(20)19-16)11-14(12-7-3-1-4-8-12)13-9-5-2-6-10-13/h1-11,14H,(H2,18,19,20). The van der Waals surface area contributed by atoms with E-state index in [1.165, 1.54) is 0 Å². The van der Waals surface area contributed by atoms with Crippen LogP contribution in [0.1, 0.15) is 17.0 Å². The Kier molecular flexibility index (Phi) is 3.88. The number of hydrogen-bond donors (Lipinski definition) is 2. The van der Waals surface area contributed by atoms with Crippen molar-refractivity contribution in [2.45, 2.75) is 5.92 Å². The van der Waals surface area contributed by atoms with Crippen LogP contribution in [0.25, 0.3) is 0 Å². The lowest BCUT2D eigenvalue weighted by Crippen LogP contribution is -2.17. The van der Waals surface area contributed by atoms with Crippen LogP contribution < -0.4 is 5.32 Å². The highest BCUT2D eigenvalue weighted by Gasteiger charge is 2.24. The summed E-state index contributed by atoms with van der Waals surface area (Å²) in [6.07, 6.45) is 1.98. The number of carbonyl (C=O) groups is 1. The molecule has 21 heavy (non-hydrogen) atoms. The summed E-state index contributed by atoms with van der Waals surface area (Å²) in [5.74, 6) is 0.213. The first-order chi connectivity index (χ1) is 10.2. The van der Waals surface area contributed by atoms with Gasteiger partial charge in [0.1, 0.15) is 5.84 Å². The number of hydrogen-bond acceptors (Lipinski definition) is 3. The molecule has 0 aromatic heterocycles. The van der Waals surface area contributed by atoms with Gasteiger partial charge in [-0.1, -0.05) is 66.7 Å². The zero-order valence-electron chi connectivity index (χ0n) is 11.2. The zero-order valence-corrected chi connectivity index (χ0v) is 12.1. The Morgan fingerprint density at radius 2 is 1.48 bits per heavy atom. The van der Waals surface area contributed by atoms with Gasteiger partial charge in [0.15, 0.2) is 0 Å². The monoisotopic (exact) mass is 294 g/mol. The second-order valence-corrected chi connectivity index (χ2v) is 5.73. The van der Waals surface area contributed by atoms with Crippen LogP contribution >= 0.6 is 11.8 Å². The van der Waals surface area contributed by atoms with E-state index in [9.17, 15) is 4.79 Å². The van der Waals surface area contributed by atoms with Crippen LogP contribution in [0, 0.1) is 5.41 Å². The van der Waals surface area contributed by atoms with Gasteiger partial charge in [0.25, 0.3) is 5.24 Å². The first kappa shape index (κ1) is 13.6. The maximum Gasteiger partial charge on any atom is 0.289 e. The molecule has 1 saturated heterocycles. The molecule has 1 heterocycles. The van der Waals surface area contributed by atoms with E-state index in [-0.39, 0.29) is 17.0 Å². The number of nitrogens with one attached hydrogen (secondary N) is 2. The smallest absolute Gasteiger partial charge is 0.289 e. The van der Waals surface area contributed by atoms with Crippen LogP contribution in [0.2, 0.25) is 0 Å². The van der Waals surface area contributed by atoms with E-state index in [2.05, 4.69) is 29.6 Å². The highest BCUT2D eigenvalue weighted by Crippen LogP contribution is 2.32. The highest BCUT2D eigenvalue weighted by atomic mass is 32.2. The predicted octanol–water partition coefficient (Wildman–Crippen LogP) is 4.14. The molecule has 2 aromatic carbocycles. The number of carbonyl (C=O) groups excluding carboxylic acids is 1. The number of thioether (sulfide) groups is 1. The van der Waals surface area contributed by atoms with E-state index in [4.69, 9.17) is 5.41 Å². The van der Waals surface area contributed by atoms with Crippen LogP contribution in [0.3, 0.4) is 0 Å². The fraction of sp³-hybridized carbons (Fsp3) is 0.0588. The van der Waals surface area contributed by atoms with E-state index in [1.54, 1.807) is 0 Å². The number of benzene rings is 2. The molecule has 1 aliphatic heterocycles. The van der Waals surface area contributed by atoms with Gasteiger partial charge in [-0.05, 0) is 22.9 Å². The van der Waals surface area contributed by atoms with E-state index in [1.807, 2.05) is 42.5 Å². The van der Waals surface area contributed by atoms with Gasteiger partial charge >= 0.3 is 0 Å². The van der Waals surface area contributed by atoms with Crippen molar-refractivity contribution in [1.82, 2.24) is 5.32 Å². The minimum Gasteiger partial charge on any atom is -0.301 e. The lowest BCUT2D eigenvalue weighted by Gasteiger charge is -2.14. The maximum absolute atomic E-state index is 11.4. The Morgan fingerprint density at radius 1 is 0.952 bits per heavy atom. The molecule has 104 valence electrons. The van der Waals surface area contributed by atoms with Crippen LogP contribution in [0.4, 0.5) is 4.79 Å². The third-order valence-corrected chi connectivity index (χ3v) is 4.16. The second kappa shape index (κ2) is 5.97. The molecule has 1 aliphatic rings. The molecule has 0 saturated carbocycles. The van der Waals surface area contributed by atoms with Gasteiger partial charge in [-0.3, -0.25) is 10.2 Å². The number of amides is 1. The molecule has 3 nitrogen and oxygen atoms in total. The normalized spacial score (nSPS) is 16.5. The van der Waals surface area contributed by atoms with Crippen molar-refractivity contribution in [3.8, 4) is 0 Å². The molecule has 2 aromatic rings. The van der Waals surface area contributed by atoms with Crippen molar-refractivity contribution >= 4 is 22.8 Å². The van der Waals surface area contributed by atoms with Crippen molar-refractivity contribution in [3.63, 3.8) is 0 Å². The van der Waals surface area contributed by atoms with Crippen LogP contribution in [-0.4, -0.2) is 11.1 Å². The maximum atomic E-state index is 11.4. The first-order valence-electron chi connectivity index (χ1n) is 6.63. The van der Waals surface area contributed by atoms with Gasteiger partial charge in [0.2, 0.25) is 0 Å². The summed E-state index contributed by atoms with van der Waals surface area (Å²) in [5, 5.41) is 10.2. The summed E-state index contributed by atoms with van der Waals surface area (Å²) < 4.78 is 0. The summed E-state index contributed by atoms with van der Waals surface area (Å²) in [6.45, 7) is 0. The molecular weight excluding hydrogens is 280 g/mol. The summed E-state index contributed by atoms with van der Waals surface area (Å²) in [6, 6.07) is 20.2. The third-order valence-electron chi connectivity index (χ3n) is 3.31. The molecule has 1 amide bonds. The summed E-state index contributed by atoms with van der Waals surface area (Å²) in [7, 11) is 0. The third kappa shape index (κ3) is 3.06. The quantitative estimate of drug-likeness (QED) is 0.894. The molecule has 0 bridgehead atoms. The van der Waals surface area contributed by atoms with Gasteiger partial charge < -0.3 is 5.32 Å². The summed E-state index contributed by atoms with van der Waals surface area (Å²) >= 11 is 1.08. The molecule has 4 heteroatoms. The average molecular weight is 294 g/mol. The topological polar surface area (TPSA) is 53.0 Å². The number of amidine groups is 1. The average Bonchev–Trinajstić information content (AvgIpc) is 2.84. The van der Waals surface area contributed by atoms with Crippen LogP contribution in [0.15, 0.2) is 71.6 Å². The van der Waals surface area contributed by atoms with Gasteiger partial charge in [-0.25, -0.2) is 0 Å². The molecule has 1 fully saturated rings. The Morgan fingerprint density at radius 3 is 1.90 bits per heavy atom. The Bertz CT molecular complexity index is 656. The van der Waals surface area contributed by atoms with Crippen molar-refractivity contribution < 1.29 is 4.79 Å². The Labute approximate surface area is 127 Å². The van der Waals surface area contributed by atoms with Crippen molar-refractivity contribution in [2.24, 2.45) is 0 Å². The van der Waals surface area contributed by atoms with Crippen molar-refractivity contribution in [3.05, 3.63) is 82.8 Å². The molecule has 0 spiro atoms. The molecule has 0 atom stereocenters. The Balaban J connectivity index is 2.04. The molecule has 2 N–H and O–H groups in total. The van der Waals surface area contributed by atoms with E-state index in [0.29, 0.717) is 4.91 Å². The summed E-state index contributed by atoms with van der Waals surface area (Å²) in [4.78, 5) is 12.1. The largest absolute Gasteiger partial charge is 0.301 e. The number of rotatable bonds is 3. The van der Waals surface area contributed by atoms with Gasteiger partial charge in [-0.15, -0.1) is 0 Å². The fourth-order valence-electron chi connectivity index (χ4n) is 2.31. The zero-order chi connectivity index (χ0) is 14.7. The predicted molar refractivity (Wildman–Crippen MR) is 86.7 cm³/mol. The second-order valence-electron chi connectivity index (χ2n) is 4.72. The number of allylic oxidation sites excluding steroid dienone is 1. The SMILES string of the molecule is N=C1NC(=O)SC1=CC(c1ccccc1)c1ccccc1. The summed E-state index contributed by atoms with van der Waals surface area (Å²) in [5.41, 5.74) is 2.29. The van der Waals surface area contributed by atoms with Crippen LogP contribution in [-0.2, 0) is 0 Å². The van der Waals surface area contributed by atoms with E-state index < -0.39 is 0 Å². The van der Waals surface area contributed by atoms with E-state index in [0.717, 1.165) is 22.9 Å². The van der Waals surface area contributed by atoms with Gasteiger partial charge in [0.05, 0.1) is 4.91 Å². The molecule has 0 radical (unpaired) electrons. The van der Waals surface area contributed by atoms with Crippen molar-refractivity contribution in [1.29, 1.82) is 5.41 Å². The Hall–Kier alpha value is -2.33. The van der Waals surface area contributed by atoms with Crippen LogP contribution in [0.5, 0.6) is 0 Å². The minimum absolute atomic E-state index is 0.0305. The molecule has 0 aliphatic carbocycles. The first-order valence-corrected chi connectivity index (χ1v) is 7.45. The van der Waals surface area contributed by atoms with Gasteiger partial charge in [-0.2, -0.15) is 0 Å². The van der Waals surface area contributed by atoms with Gasteiger partial charge in [0, 0.05) is 5.92 Å². The molecule has 3 rings (SSSR count). The molecular formula is C17H14N2OS.